The molecule has 0 saturated carbocycles. The first kappa shape index (κ1) is 18.2. The largest absolute Gasteiger partial charge is 0.424 e. The Hall–Kier alpha value is -3.17. The van der Waals surface area contributed by atoms with Crippen molar-refractivity contribution in [2.45, 2.75) is 38.4 Å². The minimum Gasteiger partial charge on any atom is -0.424 e. The molecule has 4 rings (SSSR count). The van der Waals surface area contributed by atoms with E-state index in [9.17, 15) is 18.0 Å². The number of fused-ring (bicyclic) bond motifs is 1. The lowest BCUT2D eigenvalue weighted by atomic mass is 10.2. The Kier molecular flexibility index (Phi) is 4.62. The molecular weight excluding hydrogens is 375 g/mol. The number of rotatable bonds is 3. The number of hydrogen-bond donors (Lipinski definition) is 0. The molecule has 0 amide bonds. The van der Waals surface area contributed by atoms with Crippen LogP contribution < -0.4 is 10.4 Å². The van der Waals surface area contributed by atoms with Gasteiger partial charge in [-0.2, -0.15) is 22.8 Å². The number of alkyl halides is 3. The summed E-state index contributed by atoms with van der Waals surface area (Å²) < 4.78 is 46.7. The van der Waals surface area contributed by atoms with Crippen LogP contribution in [-0.2, 0) is 19.1 Å². The second-order valence-corrected chi connectivity index (χ2v) is 6.40. The molecule has 1 aromatic carbocycles. The van der Waals surface area contributed by atoms with Gasteiger partial charge in [-0.3, -0.25) is 4.57 Å². The summed E-state index contributed by atoms with van der Waals surface area (Å²) >= 11 is 0. The van der Waals surface area contributed by atoms with Crippen molar-refractivity contribution in [1.29, 1.82) is 0 Å². The van der Waals surface area contributed by atoms with Gasteiger partial charge in [0.2, 0.25) is 0 Å². The highest BCUT2D eigenvalue weighted by Gasteiger charge is 2.30. The van der Waals surface area contributed by atoms with Gasteiger partial charge >= 0.3 is 17.9 Å². The van der Waals surface area contributed by atoms with E-state index in [0.717, 1.165) is 31.4 Å². The molecule has 3 aromatic rings. The predicted octanol–water partition coefficient (Wildman–Crippen LogP) is 3.36. The van der Waals surface area contributed by atoms with Crippen molar-refractivity contribution in [3.05, 3.63) is 58.4 Å². The van der Waals surface area contributed by atoms with E-state index in [1.807, 2.05) is 0 Å². The predicted molar refractivity (Wildman–Crippen MR) is 92.5 cm³/mol. The second kappa shape index (κ2) is 7.10. The van der Waals surface area contributed by atoms with Crippen LogP contribution in [0, 0.1) is 0 Å². The maximum atomic E-state index is 12.8. The summed E-state index contributed by atoms with van der Waals surface area (Å²) in [6.07, 6.45) is 0.508. The maximum absolute atomic E-state index is 12.8. The summed E-state index contributed by atoms with van der Waals surface area (Å²) in [6, 6.07) is 5.73. The Labute approximate surface area is 157 Å². The molecule has 0 bridgehead atoms. The molecule has 7 nitrogen and oxygen atoms in total. The van der Waals surface area contributed by atoms with Gasteiger partial charge in [0.15, 0.2) is 5.82 Å². The van der Waals surface area contributed by atoms with Crippen LogP contribution in [0.3, 0.4) is 0 Å². The topological polar surface area (TPSA) is 74.8 Å². The van der Waals surface area contributed by atoms with E-state index in [-0.39, 0.29) is 23.3 Å². The molecule has 0 unspecified atom stereocenters. The number of nitrogens with zero attached hydrogens (tertiary/aromatic N) is 5. The van der Waals surface area contributed by atoms with E-state index in [2.05, 4.69) is 15.1 Å². The van der Waals surface area contributed by atoms with E-state index in [4.69, 9.17) is 4.74 Å². The fourth-order valence-corrected chi connectivity index (χ4v) is 3.07. The Balaban J connectivity index is 1.64. The first-order chi connectivity index (χ1) is 13.4. The fourth-order valence-electron chi connectivity index (χ4n) is 3.07. The summed E-state index contributed by atoms with van der Waals surface area (Å²) in [5, 5.41) is 4.35. The standard InChI is InChI=1S/C18H16F3N5O2/c19-18(20,21)12-5-4-6-13(11-12)28-16-22-9-8-14(23-16)26-17(27)25-10-3-1-2-7-15(25)24-26/h4-6,8-9,11H,1-3,7,10H2. The number of aryl methyl sites for hydroxylation is 1. The molecule has 0 saturated heterocycles. The summed E-state index contributed by atoms with van der Waals surface area (Å²) in [5.41, 5.74) is -1.14. The van der Waals surface area contributed by atoms with Gasteiger partial charge in [-0.1, -0.05) is 12.5 Å². The first-order valence-electron chi connectivity index (χ1n) is 8.79. The zero-order valence-corrected chi connectivity index (χ0v) is 14.7. The van der Waals surface area contributed by atoms with Crippen LogP contribution >= 0.6 is 0 Å². The maximum Gasteiger partial charge on any atom is 0.416 e. The molecule has 0 spiro atoms. The molecular formula is C18H16F3N5O2. The first-order valence-corrected chi connectivity index (χ1v) is 8.79. The normalized spacial score (nSPS) is 14.4. The summed E-state index contributed by atoms with van der Waals surface area (Å²) in [4.78, 5) is 20.7. The minimum absolute atomic E-state index is 0.0556. The van der Waals surface area contributed by atoms with Crippen LogP contribution in [-0.4, -0.2) is 24.3 Å². The van der Waals surface area contributed by atoms with Crippen LogP contribution in [0.4, 0.5) is 13.2 Å². The Morgan fingerprint density at radius 2 is 1.96 bits per heavy atom. The van der Waals surface area contributed by atoms with Crippen LogP contribution in [0.1, 0.15) is 30.7 Å². The lowest BCUT2D eigenvalue weighted by Gasteiger charge is -2.09. The Bertz CT molecular complexity index is 1060. The van der Waals surface area contributed by atoms with Gasteiger partial charge in [-0.15, -0.1) is 5.10 Å². The summed E-state index contributed by atoms with van der Waals surface area (Å²) in [6.45, 7) is 0.604. The molecule has 0 aliphatic carbocycles. The zero-order valence-electron chi connectivity index (χ0n) is 14.7. The summed E-state index contributed by atoms with van der Waals surface area (Å²) in [5.74, 6) is 0.837. The molecule has 10 heteroatoms. The van der Waals surface area contributed by atoms with E-state index in [1.165, 1.54) is 29.1 Å². The molecule has 28 heavy (non-hydrogen) atoms. The monoisotopic (exact) mass is 391 g/mol. The molecule has 0 atom stereocenters. The van der Waals surface area contributed by atoms with Gasteiger partial charge < -0.3 is 4.74 Å². The SMILES string of the molecule is O=c1n(-c2ccnc(Oc3cccc(C(F)(F)F)c3)n2)nc2n1CCCCC2. The average Bonchev–Trinajstić information content (AvgIpc) is 2.83. The van der Waals surface area contributed by atoms with E-state index < -0.39 is 11.7 Å². The zero-order chi connectivity index (χ0) is 19.7. The third-order valence-corrected chi connectivity index (χ3v) is 4.43. The van der Waals surface area contributed by atoms with Crippen molar-refractivity contribution < 1.29 is 17.9 Å². The van der Waals surface area contributed by atoms with Gasteiger partial charge in [-0.25, -0.2) is 9.78 Å². The smallest absolute Gasteiger partial charge is 0.416 e. The number of halogens is 3. The van der Waals surface area contributed by atoms with E-state index >= 15 is 0 Å². The number of hydrogen-bond acceptors (Lipinski definition) is 5. The van der Waals surface area contributed by atoms with Crippen molar-refractivity contribution in [2.75, 3.05) is 0 Å². The van der Waals surface area contributed by atoms with Crippen molar-refractivity contribution in [1.82, 2.24) is 24.3 Å². The van der Waals surface area contributed by atoms with Gasteiger partial charge in [-0.05, 0) is 31.0 Å². The van der Waals surface area contributed by atoms with Crippen LogP contribution in [0.5, 0.6) is 11.8 Å². The van der Waals surface area contributed by atoms with Gasteiger partial charge in [0, 0.05) is 25.2 Å². The number of benzene rings is 1. The number of ether oxygens (including phenoxy) is 1. The second-order valence-electron chi connectivity index (χ2n) is 6.40. The van der Waals surface area contributed by atoms with E-state index in [0.29, 0.717) is 18.8 Å². The highest BCUT2D eigenvalue weighted by atomic mass is 19.4. The molecule has 0 N–H and O–H groups in total. The van der Waals surface area contributed by atoms with Crippen LogP contribution in [0.15, 0.2) is 41.3 Å². The van der Waals surface area contributed by atoms with Gasteiger partial charge in [0.1, 0.15) is 11.6 Å². The van der Waals surface area contributed by atoms with Crippen molar-refractivity contribution in [3.63, 3.8) is 0 Å². The molecule has 1 aliphatic rings. The highest BCUT2D eigenvalue weighted by molar-refractivity contribution is 5.32. The molecule has 1 aliphatic heterocycles. The fraction of sp³-hybridized carbons (Fsp3) is 0.333. The minimum atomic E-state index is -4.48. The third kappa shape index (κ3) is 3.62. The lowest BCUT2D eigenvalue weighted by Crippen LogP contribution is -2.24. The Morgan fingerprint density at radius 3 is 2.79 bits per heavy atom. The van der Waals surface area contributed by atoms with Crippen LogP contribution in [0.25, 0.3) is 5.82 Å². The average molecular weight is 391 g/mol. The Morgan fingerprint density at radius 1 is 1.11 bits per heavy atom. The highest BCUT2D eigenvalue weighted by Crippen LogP contribution is 2.32. The van der Waals surface area contributed by atoms with Crippen LogP contribution in [0.2, 0.25) is 0 Å². The van der Waals surface area contributed by atoms with Gasteiger partial charge in [0.05, 0.1) is 5.56 Å². The summed E-state index contributed by atoms with van der Waals surface area (Å²) in [7, 11) is 0. The van der Waals surface area contributed by atoms with E-state index in [1.54, 1.807) is 4.57 Å². The molecule has 3 heterocycles. The molecule has 0 fully saturated rings. The van der Waals surface area contributed by atoms with Crippen molar-refractivity contribution in [2.24, 2.45) is 0 Å². The van der Waals surface area contributed by atoms with Gasteiger partial charge in [0.25, 0.3) is 0 Å². The lowest BCUT2D eigenvalue weighted by molar-refractivity contribution is -0.137. The third-order valence-electron chi connectivity index (χ3n) is 4.43. The molecule has 0 radical (unpaired) electrons. The molecule has 146 valence electrons. The molecule has 2 aromatic heterocycles. The number of aromatic nitrogens is 5. The quantitative estimate of drug-likeness (QED) is 0.684. The van der Waals surface area contributed by atoms with Crippen molar-refractivity contribution >= 4 is 0 Å². The van der Waals surface area contributed by atoms with Crippen molar-refractivity contribution in [3.8, 4) is 17.6 Å².